The molecule has 2 heterocycles. The number of nitrogens with zero attached hydrogens (tertiary/aromatic N) is 3. The van der Waals surface area contributed by atoms with Gasteiger partial charge < -0.3 is 5.73 Å². The van der Waals surface area contributed by atoms with Crippen LogP contribution in [0, 0.1) is 0 Å². The van der Waals surface area contributed by atoms with E-state index in [1.165, 1.54) is 15.2 Å². The molecular formula is C14H17ClN4O2S. The molecule has 1 aromatic heterocycles. The highest BCUT2D eigenvalue weighted by molar-refractivity contribution is 7.89. The average molecular weight is 341 g/mol. The smallest absolute Gasteiger partial charge is 0.261 e. The molecule has 0 spiro atoms. The molecule has 0 amide bonds. The van der Waals surface area contributed by atoms with Crippen LogP contribution in [0.2, 0.25) is 5.02 Å². The molecule has 0 bridgehead atoms. The van der Waals surface area contributed by atoms with Gasteiger partial charge in [-0.15, -0.1) is 0 Å². The summed E-state index contributed by atoms with van der Waals surface area (Å²) >= 11 is 5.98. The number of nitrogens with two attached hydrogens (primary N) is 1. The molecule has 6 nitrogen and oxygen atoms in total. The van der Waals surface area contributed by atoms with Crippen molar-refractivity contribution in [2.75, 3.05) is 13.1 Å². The third-order valence-electron chi connectivity index (χ3n) is 3.99. The number of sulfonamides is 1. The Labute approximate surface area is 134 Å². The quantitative estimate of drug-likeness (QED) is 0.910. The largest absolute Gasteiger partial charge is 0.326 e. The van der Waals surface area contributed by atoms with Crippen LogP contribution in [0.15, 0.2) is 41.6 Å². The summed E-state index contributed by atoms with van der Waals surface area (Å²) in [4.78, 5) is 0. The van der Waals surface area contributed by atoms with Gasteiger partial charge in [-0.2, -0.15) is 9.40 Å². The van der Waals surface area contributed by atoms with Gasteiger partial charge >= 0.3 is 0 Å². The number of rotatable bonds is 3. The van der Waals surface area contributed by atoms with Gasteiger partial charge in [-0.05, 0) is 5.56 Å². The third kappa shape index (κ3) is 2.54. The van der Waals surface area contributed by atoms with Crippen molar-refractivity contribution >= 4 is 21.6 Å². The van der Waals surface area contributed by atoms with Gasteiger partial charge in [0.05, 0.1) is 11.2 Å². The standard InChI is InChI=1S/C14H17ClN4O2S/c1-18-14(12(15)7-17-18)22(20,21)19-8-11(13(16)9-19)10-5-3-2-4-6-10/h2-7,11,13H,8-9,16H2,1H3/t11-,13+/m0/s1. The lowest BCUT2D eigenvalue weighted by atomic mass is 9.95. The van der Waals surface area contributed by atoms with E-state index in [4.69, 9.17) is 17.3 Å². The Kier molecular flexibility index (Phi) is 3.98. The molecule has 0 saturated carbocycles. The van der Waals surface area contributed by atoms with Crippen molar-refractivity contribution in [3.8, 4) is 0 Å². The van der Waals surface area contributed by atoms with Crippen molar-refractivity contribution in [3.63, 3.8) is 0 Å². The Balaban J connectivity index is 1.91. The molecule has 1 aliphatic heterocycles. The summed E-state index contributed by atoms with van der Waals surface area (Å²) in [5.41, 5.74) is 7.21. The van der Waals surface area contributed by atoms with Gasteiger partial charge in [0.2, 0.25) is 0 Å². The van der Waals surface area contributed by atoms with E-state index in [0.717, 1.165) is 5.56 Å². The van der Waals surface area contributed by atoms with Gasteiger partial charge in [-0.25, -0.2) is 8.42 Å². The lowest BCUT2D eigenvalue weighted by molar-refractivity contribution is 0.460. The van der Waals surface area contributed by atoms with Gasteiger partial charge in [-0.3, -0.25) is 4.68 Å². The van der Waals surface area contributed by atoms with Gasteiger partial charge in [0.1, 0.15) is 0 Å². The lowest BCUT2D eigenvalue weighted by Gasteiger charge is -2.16. The molecule has 118 valence electrons. The molecule has 0 aliphatic carbocycles. The number of hydrogen-bond donors (Lipinski definition) is 1. The molecular weight excluding hydrogens is 324 g/mol. The number of benzene rings is 1. The summed E-state index contributed by atoms with van der Waals surface area (Å²) in [6.07, 6.45) is 1.33. The molecule has 1 saturated heterocycles. The molecule has 3 rings (SSSR count). The maximum atomic E-state index is 12.8. The van der Waals surface area contributed by atoms with Crippen LogP contribution in [-0.4, -0.2) is 41.6 Å². The first-order chi connectivity index (χ1) is 10.4. The summed E-state index contributed by atoms with van der Waals surface area (Å²) in [6.45, 7) is 0.610. The zero-order valence-corrected chi connectivity index (χ0v) is 13.6. The van der Waals surface area contributed by atoms with Crippen molar-refractivity contribution in [1.82, 2.24) is 14.1 Å². The number of aromatic nitrogens is 2. The Hall–Kier alpha value is -1.41. The van der Waals surface area contributed by atoms with Crippen molar-refractivity contribution in [2.45, 2.75) is 17.0 Å². The zero-order chi connectivity index (χ0) is 15.9. The van der Waals surface area contributed by atoms with Crippen LogP contribution >= 0.6 is 11.6 Å². The van der Waals surface area contributed by atoms with Gasteiger partial charge in [0.15, 0.2) is 5.03 Å². The minimum atomic E-state index is -3.71. The first-order valence-electron chi connectivity index (χ1n) is 6.89. The zero-order valence-electron chi connectivity index (χ0n) is 12.1. The van der Waals surface area contributed by atoms with Gasteiger partial charge in [-0.1, -0.05) is 41.9 Å². The van der Waals surface area contributed by atoms with E-state index in [1.807, 2.05) is 30.3 Å². The average Bonchev–Trinajstić information content (AvgIpc) is 3.03. The van der Waals surface area contributed by atoms with Crippen LogP contribution in [-0.2, 0) is 17.1 Å². The summed E-state index contributed by atoms with van der Waals surface area (Å²) in [5.74, 6) is -0.0250. The predicted molar refractivity (Wildman–Crippen MR) is 84.1 cm³/mol. The maximum Gasteiger partial charge on any atom is 0.261 e. The Bertz CT molecular complexity index is 756. The molecule has 1 fully saturated rings. The fraction of sp³-hybridized carbons (Fsp3) is 0.357. The SMILES string of the molecule is Cn1ncc(Cl)c1S(=O)(=O)N1C[C@@H](N)[C@H](c2ccccc2)C1. The third-order valence-corrected chi connectivity index (χ3v) is 6.33. The normalized spacial score (nSPS) is 23.0. The van der Waals surface area contributed by atoms with E-state index in [2.05, 4.69) is 5.10 Å². The minimum absolute atomic E-state index is 0.00933. The maximum absolute atomic E-state index is 12.8. The fourth-order valence-corrected chi connectivity index (χ4v) is 4.96. The van der Waals surface area contributed by atoms with Crippen LogP contribution in [0.1, 0.15) is 11.5 Å². The highest BCUT2D eigenvalue weighted by Gasteiger charge is 2.40. The Morgan fingerprint density at radius 3 is 2.55 bits per heavy atom. The van der Waals surface area contributed by atoms with Gasteiger partial charge in [0, 0.05) is 32.1 Å². The van der Waals surface area contributed by atoms with E-state index < -0.39 is 10.0 Å². The van der Waals surface area contributed by atoms with Crippen LogP contribution in [0.4, 0.5) is 0 Å². The number of aryl methyl sites for hydroxylation is 1. The monoisotopic (exact) mass is 340 g/mol. The fourth-order valence-electron chi connectivity index (χ4n) is 2.85. The second kappa shape index (κ2) is 5.66. The molecule has 0 unspecified atom stereocenters. The first-order valence-corrected chi connectivity index (χ1v) is 8.71. The highest BCUT2D eigenvalue weighted by Crippen LogP contribution is 2.32. The Morgan fingerprint density at radius 1 is 1.27 bits per heavy atom. The van der Waals surface area contributed by atoms with Gasteiger partial charge in [0.25, 0.3) is 10.0 Å². The molecule has 0 radical (unpaired) electrons. The van der Waals surface area contributed by atoms with Crippen LogP contribution in [0.3, 0.4) is 0 Å². The first kappa shape index (κ1) is 15.5. The summed E-state index contributed by atoms with van der Waals surface area (Å²) in [6, 6.07) is 9.47. The van der Waals surface area contributed by atoms with Crippen molar-refractivity contribution in [2.24, 2.45) is 12.8 Å². The molecule has 1 aliphatic rings. The predicted octanol–water partition coefficient (Wildman–Crippen LogP) is 1.19. The second-order valence-corrected chi connectivity index (χ2v) is 7.68. The highest BCUT2D eigenvalue weighted by atomic mass is 35.5. The molecule has 2 atom stereocenters. The van der Waals surface area contributed by atoms with Crippen LogP contribution in [0.25, 0.3) is 0 Å². The van der Waals surface area contributed by atoms with E-state index in [9.17, 15) is 8.42 Å². The van der Waals surface area contributed by atoms with E-state index in [1.54, 1.807) is 7.05 Å². The molecule has 22 heavy (non-hydrogen) atoms. The van der Waals surface area contributed by atoms with Crippen molar-refractivity contribution < 1.29 is 8.42 Å². The second-order valence-electron chi connectivity index (χ2n) is 5.42. The molecule has 1 aromatic carbocycles. The Morgan fingerprint density at radius 2 is 1.95 bits per heavy atom. The summed E-state index contributed by atoms with van der Waals surface area (Å²) in [7, 11) is -2.15. The van der Waals surface area contributed by atoms with E-state index in [0.29, 0.717) is 6.54 Å². The summed E-state index contributed by atoms with van der Waals surface area (Å²) < 4.78 is 28.2. The van der Waals surface area contributed by atoms with E-state index >= 15 is 0 Å². The van der Waals surface area contributed by atoms with Crippen molar-refractivity contribution in [3.05, 3.63) is 47.1 Å². The molecule has 8 heteroatoms. The molecule has 2 aromatic rings. The van der Waals surface area contributed by atoms with E-state index in [-0.39, 0.29) is 28.6 Å². The molecule has 2 N–H and O–H groups in total. The summed E-state index contributed by atoms with van der Waals surface area (Å²) in [5, 5.41) is 4.03. The topological polar surface area (TPSA) is 81.2 Å². The minimum Gasteiger partial charge on any atom is -0.326 e. The number of halogens is 1. The van der Waals surface area contributed by atoms with Crippen molar-refractivity contribution in [1.29, 1.82) is 0 Å². The van der Waals surface area contributed by atoms with Crippen LogP contribution in [0.5, 0.6) is 0 Å². The lowest BCUT2D eigenvalue weighted by Crippen LogP contribution is -2.33. The number of hydrogen-bond acceptors (Lipinski definition) is 4. The van der Waals surface area contributed by atoms with Crippen LogP contribution < -0.4 is 5.73 Å².